The molecule has 1 rings (SSSR count). The number of nitrogens with zero attached hydrogens (tertiary/aromatic N) is 1. The van der Waals surface area contributed by atoms with E-state index < -0.39 is 18.0 Å². The van der Waals surface area contributed by atoms with Crippen molar-refractivity contribution in [2.45, 2.75) is 13.0 Å². The molecule has 0 saturated carbocycles. The molecule has 3 N–H and O–H groups in total. The molecule has 0 aromatic heterocycles. The van der Waals surface area contributed by atoms with E-state index in [2.05, 4.69) is 5.43 Å². The molecule has 0 aliphatic rings. The largest absolute Gasteiger partial charge is 0.350 e. The van der Waals surface area contributed by atoms with Crippen molar-refractivity contribution in [1.29, 1.82) is 0 Å². The van der Waals surface area contributed by atoms with Crippen LogP contribution in [0.4, 0.5) is 4.79 Å². The molecule has 0 aliphatic carbocycles. The first-order valence-corrected chi connectivity index (χ1v) is 5.62. The summed E-state index contributed by atoms with van der Waals surface area (Å²) in [6, 6.07) is 7.44. The minimum absolute atomic E-state index is 0.532. The molecule has 0 saturated heterocycles. The smallest absolute Gasteiger partial charge is 0.331 e. The summed E-state index contributed by atoms with van der Waals surface area (Å²) in [5.41, 5.74) is 7.88. The van der Waals surface area contributed by atoms with Gasteiger partial charge in [0.05, 0.1) is 0 Å². The van der Waals surface area contributed by atoms with Crippen molar-refractivity contribution >= 4 is 24.3 Å². The Bertz CT molecular complexity index is 485. The van der Waals surface area contributed by atoms with Gasteiger partial charge in [0.2, 0.25) is 0 Å². The maximum absolute atomic E-state index is 11.9. The molecule has 1 unspecified atom stereocenters. The molecule has 0 spiro atoms. The third-order valence-corrected chi connectivity index (χ3v) is 2.29. The Kier molecular flexibility index (Phi) is 5.28. The number of benzene rings is 1. The van der Waals surface area contributed by atoms with Crippen molar-refractivity contribution in [3.63, 3.8) is 0 Å². The molecule has 0 aliphatic heterocycles. The summed E-state index contributed by atoms with van der Waals surface area (Å²) >= 11 is 0. The highest BCUT2D eigenvalue weighted by Crippen LogP contribution is 2.02. The molecule has 3 amide bonds. The van der Waals surface area contributed by atoms with Crippen LogP contribution in [0.1, 0.15) is 12.5 Å². The van der Waals surface area contributed by atoms with E-state index in [4.69, 9.17) is 5.73 Å². The minimum atomic E-state index is -0.907. The number of primary amides is 1. The van der Waals surface area contributed by atoms with Crippen LogP contribution >= 0.6 is 0 Å². The van der Waals surface area contributed by atoms with Gasteiger partial charge in [-0.25, -0.2) is 15.2 Å². The van der Waals surface area contributed by atoms with E-state index in [0.29, 0.717) is 6.29 Å². The zero-order valence-corrected chi connectivity index (χ0v) is 10.4. The third kappa shape index (κ3) is 4.63. The Hall–Kier alpha value is -2.63. The molecular formula is C13H15N3O3. The number of nitrogens with one attached hydrogen (secondary N) is 1. The normalized spacial score (nSPS) is 11.8. The molecule has 1 aromatic carbocycles. The quantitative estimate of drug-likeness (QED) is 0.474. The number of nitrogens with two attached hydrogens (primary N) is 1. The number of rotatable bonds is 4. The fourth-order valence-corrected chi connectivity index (χ4v) is 1.35. The number of urea groups is 1. The predicted octanol–water partition coefficient (Wildman–Crippen LogP) is 0.699. The van der Waals surface area contributed by atoms with Crippen molar-refractivity contribution < 1.29 is 14.4 Å². The Labute approximate surface area is 110 Å². The number of hydrazine groups is 1. The highest BCUT2D eigenvalue weighted by atomic mass is 16.2. The molecule has 0 fully saturated rings. The summed E-state index contributed by atoms with van der Waals surface area (Å²) in [5, 5.41) is 0.870. The monoisotopic (exact) mass is 261 g/mol. The second kappa shape index (κ2) is 6.95. The Balaban J connectivity index is 2.79. The van der Waals surface area contributed by atoms with Crippen molar-refractivity contribution in [3.8, 4) is 0 Å². The molecule has 0 radical (unpaired) electrons. The van der Waals surface area contributed by atoms with E-state index in [0.717, 1.165) is 10.6 Å². The van der Waals surface area contributed by atoms with Crippen LogP contribution in [0.25, 0.3) is 6.08 Å². The molecule has 100 valence electrons. The van der Waals surface area contributed by atoms with Gasteiger partial charge in [0.15, 0.2) is 0 Å². The first-order valence-electron chi connectivity index (χ1n) is 5.62. The maximum Gasteiger partial charge on any atom is 0.331 e. The number of aldehydes is 1. The van der Waals surface area contributed by atoms with E-state index in [1.54, 1.807) is 6.08 Å². The summed E-state index contributed by atoms with van der Waals surface area (Å²) in [4.78, 5) is 33.3. The number of hydrogen-bond donors (Lipinski definition) is 2. The lowest BCUT2D eigenvalue weighted by molar-refractivity contribution is -0.133. The Morgan fingerprint density at radius 3 is 2.47 bits per heavy atom. The zero-order chi connectivity index (χ0) is 14.3. The first kappa shape index (κ1) is 14.4. The molecule has 6 heteroatoms. The summed E-state index contributed by atoms with van der Waals surface area (Å²) in [6.07, 6.45) is 3.37. The van der Waals surface area contributed by atoms with E-state index in [-0.39, 0.29) is 0 Å². The van der Waals surface area contributed by atoms with Crippen LogP contribution < -0.4 is 11.2 Å². The van der Waals surface area contributed by atoms with Gasteiger partial charge in [-0.05, 0) is 18.6 Å². The topological polar surface area (TPSA) is 92.5 Å². The summed E-state index contributed by atoms with van der Waals surface area (Å²) in [7, 11) is 0. The second-order valence-electron chi connectivity index (χ2n) is 3.80. The average Bonchev–Trinajstić information content (AvgIpc) is 2.42. The zero-order valence-electron chi connectivity index (χ0n) is 10.4. The fourth-order valence-electron chi connectivity index (χ4n) is 1.35. The summed E-state index contributed by atoms with van der Waals surface area (Å²) < 4.78 is 0. The van der Waals surface area contributed by atoms with Crippen LogP contribution in [0.5, 0.6) is 0 Å². The lowest BCUT2D eigenvalue weighted by Gasteiger charge is -2.23. The first-order chi connectivity index (χ1) is 9.04. The number of hydrogen-bond acceptors (Lipinski definition) is 3. The van der Waals surface area contributed by atoms with Gasteiger partial charge >= 0.3 is 6.03 Å². The van der Waals surface area contributed by atoms with Gasteiger partial charge in [-0.2, -0.15) is 0 Å². The second-order valence-corrected chi connectivity index (χ2v) is 3.80. The third-order valence-electron chi connectivity index (χ3n) is 2.29. The SMILES string of the molecule is CC(C=O)N(NC(N)=O)C(=O)C=Cc1ccccc1. The maximum atomic E-state index is 11.9. The fraction of sp³-hybridized carbons (Fsp3) is 0.154. The van der Waals surface area contributed by atoms with Crippen LogP contribution in [0, 0.1) is 0 Å². The number of carbonyl (C=O) groups is 3. The van der Waals surface area contributed by atoms with Gasteiger partial charge in [0.25, 0.3) is 5.91 Å². The van der Waals surface area contributed by atoms with Gasteiger partial charge in [0.1, 0.15) is 12.3 Å². The van der Waals surface area contributed by atoms with E-state index >= 15 is 0 Å². The Morgan fingerprint density at radius 1 is 1.32 bits per heavy atom. The molecule has 0 bridgehead atoms. The molecule has 0 heterocycles. The van der Waals surface area contributed by atoms with Gasteiger partial charge in [-0.1, -0.05) is 30.3 Å². The molecule has 19 heavy (non-hydrogen) atoms. The number of carbonyl (C=O) groups excluding carboxylic acids is 3. The molecule has 1 atom stereocenters. The minimum Gasteiger partial charge on any atom is -0.350 e. The van der Waals surface area contributed by atoms with Gasteiger partial charge < -0.3 is 10.5 Å². The van der Waals surface area contributed by atoms with Crippen molar-refractivity contribution in [1.82, 2.24) is 10.4 Å². The lowest BCUT2D eigenvalue weighted by atomic mass is 10.2. The lowest BCUT2D eigenvalue weighted by Crippen LogP contribution is -2.52. The molecular weight excluding hydrogens is 246 g/mol. The standard InChI is InChI=1S/C13H15N3O3/c1-10(9-17)16(15-13(14)19)12(18)8-7-11-5-3-2-4-6-11/h2-10H,1H3,(H3,14,15,19). The molecule has 1 aromatic rings. The van der Waals surface area contributed by atoms with Crippen molar-refractivity contribution in [2.75, 3.05) is 0 Å². The van der Waals surface area contributed by atoms with E-state index in [1.165, 1.54) is 13.0 Å². The average molecular weight is 261 g/mol. The Morgan fingerprint density at radius 2 is 1.95 bits per heavy atom. The molecule has 6 nitrogen and oxygen atoms in total. The highest BCUT2D eigenvalue weighted by molar-refractivity contribution is 5.94. The van der Waals surface area contributed by atoms with Gasteiger partial charge in [0, 0.05) is 6.08 Å². The van der Waals surface area contributed by atoms with Crippen LogP contribution in [-0.2, 0) is 9.59 Å². The van der Waals surface area contributed by atoms with E-state index in [9.17, 15) is 14.4 Å². The van der Waals surface area contributed by atoms with Crippen LogP contribution in [0.3, 0.4) is 0 Å². The van der Waals surface area contributed by atoms with Crippen molar-refractivity contribution in [2.24, 2.45) is 5.73 Å². The van der Waals surface area contributed by atoms with Gasteiger partial charge in [-0.3, -0.25) is 4.79 Å². The van der Waals surface area contributed by atoms with Crippen LogP contribution in [-0.4, -0.2) is 29.3 Å². The summed E-state index contributed by atoms with van der Waals surface area (Å²) in [6.45, 7) is 1.47. The van der Waals surface area contributed by atoms with Crippen molar-refractivity contribution in [3.05, 3.63) is 42.0 Å². The summed E-state index contributed by atoms with van der Waals surface area (Å²) in [5.74, 6) is -0.540. The van der Waals surface area contributed by atoms with Crippen LogP contribution in [0.15, 0.2) is 36.4 Å². The predicted molar refractivity (Wildman–Crippen MR) is 70.6 cm³/mol. The van der Waals surface area contributed by atoms with E-state index in [1.807, 2.05) is 30.3 Å². The van der Waals surface area contributed by atoms with Gasteiger partial charge in [-0.15, -0.1) is 0 Å². The van der Waals surface area contributed by atoms with Crippen LogP contribution in [0.2, 0.25) is 0 Å². The number of amides is 3. The highest BCUT2D eigenvalue weighted by Gasteiger charge is 2.18.